The van der Waals surface area contributed by atoms with Gasteiger partial charge in [0.15, 0.2) is 0 Å². The Morgan fingerprint density at radius 2 is 1.58 bits per heavy atom. The molecule has 0 bridgehead atoms. The number of benzene rings is 2. The van der Waals surface area contributed by atoms with Crippen LogP contribution in [0, 0.1) is 0 Å². The summed E-state index contributed by atoms with van der Waals surface area (Å²) in [6.07, 6.45) is 0.214. The van der Waals surface area contributed by atoms with E-state index in [1.54, 1.807) is 0 Å². The highest BCUT2D eigenvalue weighted by Gasteiger charge is 2.16. The molecule has 0 aromatic heterocycles. The van der Waals surface area contributed by atoms with E-state index in [9.17, 15) is 9.59 Å². The summed E-state index contributed by atoms with van der Waals surface area (Å²) in [7, 11) is 4.23. The molecule has 2 amide bonds. The lowest BCUT2D eigenvalue weighted by molar-refractivity contribution is -0.872. The van der Waals surface area contributed by atoms with Gasteiger partial charge in [-0.25, -0.2) is 0 Å². The predicted molar refractivity (Wildman–Crippen MR) is 102 cm³/mol. The third kappa shape index (κ3) is 6.69. The Morgan fingerprint density at radius 1 is 0.962 bits per heavy atom. The molecule has 3 N–H and O–H groups in total. The average molecular weight is 354 g/mol. The molecule has 1 atom stereocenters. The molecular formula is C21H28N3O2+. The van der Waals surface area contributed by atoms with Crippen LogP contribution in [-0.2, 0) is 22.7 Å². The van der Waals surface area contributed by atoms with Crippen LogP contribution in [0.2, 0.25) is 0 Å². The van der Waals surface area contributed by atoms with Gasteiger partial charge in [0, 0.05) is 19.0 Å². The zero-order valence-electron chi connectivity index (χ0n) is 15.7. The van der Waals surface area contributed by atoms with Crippen LogP contribution in [0.3, 0.4) is 0 Å². The topological polar surface area (TPSA) is 62.6 Å². The minimum absolute atomic E-state index is 0.0885. The maximum absolute atomic E-state index is 12.3. The molecule has 0 unspecified atom stereocenters. The van der Waals surface area contributed by atoms with Crippen molar-refractivity contribution in [2.24, 2.45) is 0 Å². The van der Waals surface area contributed by atoms with Crippen LogP contribution in [-0.4, -0.2) is 25.9 Å². The molecule has 5 heteroatoms. The lowest BCUT2D eigenvalue weighted by Crippen LogP contribution is -3.04. The normalized spacial score (nSPS) is 11.8. The molecule has 0 heterocycles. The third-order valence-electron chi connectivity index (χ3n) is 4.04. The van der Waals surface area contributed by atoms with Crippen LogP contribution in [0.15, 0.2) is 54.6 Å². The van der Waals surface area contributed by atoms with Gasteiger partial charge in [0.1, 0.15) is 6.54 Å². The second-order valence-corrected chi connectivity index (χ2v) is 6.85. The van der Waals surface area contributed by atoms with Crippen molar-refractivity contribution in [3.63, 3.8) is 0 Å². The molecule has 5 nitrogen and oxygen atoms in total. The first-order chi connectivity index (χ1) is 12.4. The zero-order chi connectivity index (χ0) is 18.9. The van der Waals surface area contributed by atoms with Gasteiger partial charge in [0.2, 0.25) is 11.8 Å². The van der Waals surface area contributed by atoms with Gasteiger partial charge in [-0.2, -0.15) is 0 Å². The van der Waals surface area contributed by atoms with Crippen molar-refractivity contribution < 1.29 is 14.5 Å². The van der Waals surface area contributed by atoms with E-state index < -0.39 is 0 Å². The molecule has 0 saturated carbocycles. The van der Waals surface area contributed by atoms with Crippen molar-refractivity contribution in [2.75, 3.05) is 14.1 Å². The predicted octanol–water partition coefficient (Wildman–Crippen LogP) is 1.21. The summed E-state index contributed by atoms with van der Waals surface area (Å²) < 4.78 is 0. The fourth-order valence-electron chi connectivity index (χ4n) is 2.82. The minimum Gasteiger partial charge on any atom is -0.352 e. The number of carbonyl (C=O) groups excluding carboxylic acids is 2. The molecule has 0 aliphatic rings. The number of nitrogens with one attached hydrogen (secondary N) is 3. The Morgan fingerprint density at radius 3 is 2.15 bits per heavy atom. The van der Waals surface area contributed by atoms with Crippen LogP contribution < -0.4 is 15.5 Å². The van der Waals surface area contributed by atoms with Crippen LogP contribution in [0.5, 0.6) is 0 Å². The first kappa shape index (κ1) is 19.7. The molecule has 0 aliphatic carbocycles. The number of hydrogen-bond acceptors (Lipinski definition) is 2. The van der Waals surface area contributed by atoms with E-state index in [2.05, 4.69) is 36.9 Å². The van der Waals surface area contributed by atoms with E-state index in [0.29, 0.717) is 6.54 Å². The number of amides is 2. The van der Waals surface area contributed by atoms with E-state index in [1.807, 2.05) is 42.5 Å². The number of hydrogen-bond donors (Lipinski definition) is 3. The molecule has 0 fully saturated rings. The Labute approximate surface area is 155 Å². The van der Waals surface area contributed by atoms with Gasteiger partial charge < -0.3 is 15.5 Å². The van der Waals surface area contributed by atoms with Crippen molar-refractivity contribution in [2.45, 2.75) is 32.5 Å². The highest BCUT2D eigenvalue weighted by molar-refractivity contribution is 5.79. The largest absolute Gasteiger partial charge is 0.352 e. The molecule has 26 heavy (non-hydrogen) atoms. The molecule has 138 valence electrons. The van der Waals surface area contributed by atoms with Crippen molar-refractivity contribution in [1.82, 2.24) is 10.6 Å². The van der Waals surface area contributed by atoms with Gasteiger partial charge in [0.05, 0.1) is 26.6 Å². The summed E-state index contributed by atoms with van der Waals surface area (Å²) in [6, 6.07) is 17.5. The Bertz CT molecular complexity index is 712. The van der Waals surface area contributed by atoms with E-state index >= 15 is 0 Å². The van der Waals surface area contributed by atoms with Gasteiger partial charge in [-0.3, -0.25) is 9.59 Å². The molecule has 0 saturated heterocycles. The fourth-order valence-corrected chi connectivity index (χ4v) is 2.82. The van der Waals surface area contributed by atoms with E-state index in [0.717, 1.165) is 17.7 Å². The van der Waals surface area contributed by atoms with Crippen LogP contribution in [0.25, 0.3) is 0 Å². The first-order valence-corrected chi connectivity index (χ1v) is 8.89. The highest BCUT2D eigenvalue weighted by atomic mass is 16.2. The van der Waals surface area contributed by atoms with Gasteiger partial charge in [-0.05, 0) is 11.1 Å². The van der Waals surface area contributed by atoms with Gasteiger partial charge in [-0.15, -0.1) is 0 Å². The number of rotatable bonds is 8. The van der Waals surface area contributed by atoms with E-state index in [-0.39, 0.29) is 24.3 Å². The Kier molecular flexibility index (Phi) is 7.36. The lowest BCUT2D eigenvalue weighted by Gasteiger charge is -2.18. The van der Waals surface area contributed by atoms with E-state index in [4.69, 9.17) is 0 Å². The number of quaternary nitrogens is 1. The van der Waals surface area contributed by atoms with Gasteiger partial charge in [-0.1, -0.05) is 54.6 Å². The van der Waals surface area contributed by atoms with Gasteiger partial charge in [0.25, 0.3) is 0 Å². The van der Waals surface area contributed by atoms with Crippen molar-refractivity contribution in [3.8, 4) is 0 Å². The zero-order valence-corrected chi connectivity index (χ0v) is 15.7. The van der Waals surface area contributed by atoms with Crippen LogP contribution in [0.4, 0.5) is 0 Å². The smallest absolute Gasteiger partial charge is 0.222 e. The minimum atomic E-state index is -0.320. The SMILES string of the molecule is CC(=O)N[C@H](CC(=O)NCc1ccc(C[NH+](C)C)cc1)c1ccccc1. The number of carbonyl (C=O) groups is 2. The monoisotopic (exact) mass is 354 g/mol. The molecule has 2 aromatic rings. The maximum atomic E-state index is 12.3. The van der Waals surface area contributed by atoms with Crippen molar-refractivity contribution >= 4 is 11.8 Å². The molecule has 0 spiro atoms. The standard InChI is InChI=1S/C21H27N3O2/c1-16(25)23-20(19-7-5-4-6-8-19)13-21(26)22-14-17-9-11-18(12-10-17)15-24(2)3/h4-12,20H,13-15H2,1-3H3,(H,22,26)(H,23,25)/p+1/t20-/m1/s1. The average Bonchev–Trinajstić information content (AvgIpc) is 2.60. The molecule has 2 aromatic carbocycles. The van der Waals surface area contributed by atoms with E-state index in [1.165, 1.54) is 17.4 Å². The molecule has 0 radical (unpaired) electrons. The molecular weight excluding hydrogens is 326 g/mol. The first-order valence-electron chi connectivity index (χ1n) is 8.89. The summed E-state index contributed by atoms with van der Waals surface area (Å²) in [5.41, 5.74) is 3.26. The Balaban J connectivity index is 1.90. The highest BCUT2D eigenvalue weighted by Crippen LogP contribution is 2.16. The second-order valence-electron chi connectivity index (χ2n) is 6.85. The van der Waals surface area contributed by atoms with Crippen LogP contribution >= 0.6 is 0 Å². The van der Waals surface area contributed by atoms with Crippen molar-refractivity contribution in [3.05, 3.63) is 71.3 Å². The summed E-state index contributed by atoms with van der Waals surface area (Å²) >= 11 is 0. The van der Waals surface area contributed by atoms with Crippen LogP contribution in [0.1, 0.15) is 36.1 Å². The fraction of sp³-hybridized carbons (Fsp3) is 0.333. The van der Waals surface area contributed by atoms with Gasteiger partial charge >= 0.3 is 0 Å². The quantitative estimate of drug-likeness (QED) is 0.667. The molecule has 0 aliphatic heterocycles. The summed E-state index contributed by atoms with van der Waals surface area (Å²) in [5, 5.41) is 5.79. The second kappa shape index (κ2) is 9.73. The van der Waals surface area contributed by atoms with Crippen molar-refractivity contribution in [1.29, 1.82) is 0 Å². The molecule has 2 rings (SSSR count). The summed E-state index contributed by atoms with van der Waals surface area (Å²) in [5.74, 6) is -0.236. The Hall–Kier alpha value is -2.66. The maximum Gasteiger partial charge on any atom is 0.222 e. The summed E-state index contributed by atoms with van der Waals surface area (Å²) in [6.45, 7) is 2.92. The third-order valence-corrected chi connectivity index (χ3v) is 4.04. The lowest BCUT2D eigenvalue weighted by atomic mass is 10.0. The summed E-state index contributed by atoms with van der Waals surface area (Å²) in [4.78, 5) is 25.2.